The number of rotatable bonds is 9. The summed E-state index contributed by atoms with van der Waals surface area (Å²) in [6.45, 7) is 3.24. The van der Waals surface area contributed by atoms with E-state index in [0.29, 0.717) is 13.0 Å². The van der Waals surface area contributed by atoms with Crippen LogP contribution in [0.25, 0.3) is 0 Å². The summed E-state index contributed by atoms with van der Waals surface area (Å²) < 4.78 is 0. The van der Waals surface area contributed by atoms with E-state index in [0.717, 1.165) is 0 Å². The second kappa shape index (κ2) is 9.55. The number of guanidine groups is 1. The predicted molar refractivity (Wildman–Crippen MR) is 80.0 cm³/mol. The van der Waals surface area contributed by atoms with Crippen molar-refractivity contribution in [2.45, 2.75) is 44.8 Å². The van der Waals surface area contributed by atoms with Crippen LogP contribution >= 0.6 is 0 Å². The van der Waals surface area contributed by atoms with Crippen molar-refractivity contribution in [3.8, 4) is 0 Å². The van der Waals surface area contributed by atoms with Crippen molar-refractivity contribution < 1.29 is 19.5 Å². The second-order valence-electron chi connectivity index (χ2n) is 4.90. The van der Waals surface area contributed by atoms with E-state index in [1.807, 2.05) is 0 Å². The zero-order chi connectivity index (χ0) is 17.3. The van der Waals surface area contributed by atoms with Crippen LogP contribution in [0.2, 0.25) is 0 Å². The van der Waals surface area contributed by atoms with Gasteiger partial charge in [0.15, 0.2) is 5.96 Å². The number of aliphatic carboxylic acids is 1. The number of hydrogen-bond donors (Lipinski definition) is 7. The standard InChI is InChI=1S/C12H24N6O4/c1-6(13)9(19)17-7(2)10(20)18-8(11(21)22)4-3-5-16-12(14)15/h6-8H,3-5,13H2,1-2H3,(H,17,19)(H,18,20)(H,21,22)(H4,14,15,16)/t6-,7-,8-/m0/s1. The largest absolute Gasteiger partial charge is 0.480 e. The van der Waals surface area contributed by atoms with E-state index in [-0.39, 0.29) is 12.4 Å². The van der Waals surface area contributed by atoms with Gasteiger partial charge >= 0.3 is 5.97 Å². The fourth-order valence-electron chi connectivity index (χ4n) is 1.49. The summed E-state index contributed by atoms with van der Waals surface area (Å²) in [6, 6.07) is -2.74. The van der Waals surface area contributed by atoms with E-state index < -0.39 is 35.9 Å². The normalized spacial score (nSPS) is 14.3. The number of carbonyl (C=O) groups is 3. The Labute approximate surface area is 128 Å². The van der Waals surface area contributed by atoms with Crippen molar-refractivity contribution in [1.29, 1.82) is 5.41 Å². The van der Waals surface area contributed by atoms with E-state index in [4.69, 9.17) is 22.0 Å². The van der Waals surface area contributed by atoms with Crippen LogP contribution in [0.15, 0.2) is 0 Å². The lowest BCUT2D eigenvalue weighted by atomic mass is 10.1. The average molecular weight is 316 g/mol. The van der Waals surface area contributed by atoms with Gasteiger partial charge < -0.3 is 32.5 Å². The molecule has 3 atom stereocenters. The quantitative estimate of drug-likeness (QED) is 0.141. The third-order valence-electron chi connectivity index (χ3n) is 2.77. The molecule has 0 aliphatic rings. The van der Waals surface area contributed by atoms with Gasteiger partial charge in [-0.2, -0.15) is 0 Å². The summed E-state index contributed by atoms with van der Waals surface area (Å²) in [5.41, 5.74) is 10.5. The zero-order valence-electron chi connectivity index (χ0n) is 12.7. The maximum atomic E-state index is 11.9. The van der Waals surface area contributed by atoms with Crippen molar-refractivity contribution in [3.63, 3.8) is 0 Å². The van der Waals surface area contributed by atoms with E-state index in [1.165, 1.54) is 13.8 Å². The molecule has 0 aromatic heterocycles. The van der Waals surface area contributed by atoms with Crippen molar-refractivity contribution in [1.82, 2.24) is 16.0 Å². The van der Waals surface area contributed by atoms with Gasteiger partial charge in [0.05, 0.1) is 6.04 Å². The molecule has 0 aromatic rings. The molecule has 0 aliphatic heterocycles. The molecular weight excluding hydrogens is 292 g/mol. The topological polar surface area (TPSA) is 183 Å². The summed E-state index contributed by atoms with van der Waals surface area (Å²) in [6.07, 6.45) is 0.562. The first kappa shape index (κ1) is 19.6. The monoisotopic (exact) mass is 316 g/mol. The van der Waals surface area contributed by atoms with Crippen LogP contribution in [0, 0.1) is 5.41 Å². The summed E-state index contributed by atoms with van der Waals surface area (Å²) in [7, 11) is 0. The van der Waals surface area contributed by atoms with Gasteiger partial charge in [-0.05, 0) is 26.7 Å². The maximum Gasteiger partial charge on any atom is 0.326 e. The Morgan fingerprint density at radius 3 is 2.23 bits per heavy atom. The SMILES string of the molecule is C[C@H](N)C(=O)N[C@@H](C)C(=O)N[C@@H](CCCNC(=N)N)C(=O)O. The molecule has 22 heavy (non-hydrogen) atoms. The number of carbonyl (C=O) groups excluding carboxylic acids is 2. The van der Waals surface area contributed by atoms with Crippen molar-refractivity contribution >= 4 is 23.7 Å². The molecule has 0 unspecified atom stereocenters. The van der Waals surface area contributed by atoms with E-state index in [2.05, 4.69) is 16.0 Å². The number of amides is 2. The summed E-state index contributed by atoms with van der Waals surface area (Å²) in [5.74, 6) is -2.49. The van der Waals surface area contributed by atoms with Gasteiger partial charge in [-0.25, -0.2) is 4.79 Å². The van der Waals surface area contributed by atoms with Gasteiger partial charge in [0, 0.05) is 6.54 Å². The average Bonchev–Trinajstić information content (AvgIpc) is 2.40. The lowest BCUT2D eigenvalue weighted by molar-refractivity contribution is -0.142. The molecule has 0 aromatic carbocycles. The van der Waals surface area contributed by atoms with Crippen LogP contribution in [0.5, 0.6) is 0 Å². The number of hydrogen-bond acceptors (Lipinski definition) is 5. The number of nitrogens with one attached hydrogen (secondary N) is 4. The Hall–Kier alpha value is -2.36. The third kappa shape index (κ3) is 8.04. The van der Waals surface area contributed by atoms with Crippen molar-refractivity contribution in [3.05, 3.63) is 0 Å². The molecule has 0 bridgehead atoms. The van der Waals surface area contributed by atoms with E-state index in [1.54, 1.807) is 0 Å². The Bertz CT molecular complexity index is 426. The lowest BCUT2D eigenvalue weighted by Gasteiger charge is -2.19. The lowest BCUT2D eigenvalue weighted by Crippen LogP contribution is -2.52. The van der Waals surface area contributed by atoms with Crippen LogP contribution in [-0.2, 0) is 14.4 Å². The fourth-order valence-corrected chi connectivity index (χ4v) is 1.49. The molecular formula is C12H24N6O4. The molecule has 9 N–H and O–H groups in total. The highest BCUT2D eigenvalue weighted by Crippen LogP contribution is 1.98. The smallest absolute Gasteiger partial charge is 0.326 e. The molecule has 0 radical (unpaired) electrons. The Morgan fingerprint density at radius 2 is 1.77 bits per heavy atom. The molecule has 0 fully saturated rings. The molecule has 2 amide bonds. The minimum atomic E-state index is -1.18. The fraction of sp³-hybridized carbons (Fsp3) is 0.667. The summed E-state index contributed by atoms with van der Waals surface area (Å²) in [4.78, 5) is 34.3. The predicted octanol–water partition coefficient (Wildman–Crippen LogP) is -2.33. The minimum Gasteiger partial charge on any atom is -0.480 e. The Balaban J connectivity index is 4.36. The molecule has 126 valence electrons. The van der Waals surface area contributed by atoms with Crippen LogP contribution in [0.4, 0.5) is 0 Å². The van der Waals surface area contributed by atoms with Gasteiger partial charge in [-0.3, -0.25) is 15.0 Å². The zero-order valence-corrected chi connectivity index (χ0v) is 12.7. The van der Waals surface area contributed by atoms with Crippen molar-refractivity contribution in [2.24, 2.45) is 11.5 Å². The van der Waals surface area contributed by atoms with Gasteiger partial charge in [0.2, 0.25) is 11.8 Å². The minimum absolute atomic E-state index is 0.162. The summed E-state index contributed by atoms with van der Waals surface area (Å²) in [5, 5.41) is 23.3. The van der Waals surface area contributed by atoms with Gasteiger partial charge in [0.25, 0.3) is 0 Å². The number of nitrogens with two attached hydrogens (primary N) is 2. The Kier molecular flexibility index (Phi) is 8.53. The molecule has 0 aliphatic carbocycles. The molecule has 10 nitrogen and oxygen atoms in total. The van der Waals surface area contributed by atoms with E-state index in [9.17, 15) is 14.4 Å². The highest BCUT2D eigenvalue weighted by Gasteiger charge is 2.24. The van der Waals surface area contributed by atoms with Crippen LogP contribution < -0.4 is 27.4 Å². The molecule has 0 spiro atoms. The maximum absolute atomic E-state index is 11.9. The van der Waals surface area contributed by atoms with Crippen LogP contribution in [0.1, 0.15) is 26.7 Å². The Morgan fingerprint density at radius 1 is 1.18 bits per heavy atom. The highest BCUT2D eigenvalue weighted by molar-refractivity contribution is 5.91. The number of carboxylic acid groups (broad SMARTS) is 1. The van der Waals surface area contributed by atoms with Gasteiger partial charge in [0.1, 0.15) is 12.1 Å². The van der Waals surface area contributed by atoms with Crippen LogP contribution in [0.3, 0.4) is 0 Å². The first-order valence-electron chi connectivity index (χ1n) is 6.82. The molecule has 0 rings (SSSR count). The van der Waals surface area contributed by atoms with Gasteiger partial charge in [-0.1, -0.05) is 0 Å². The van der Waals surface area contributed by atoms with Crippen LogP contribution in [-0.4, -0.2) is 53.5 Å². The second-order valence-corrected chi connectivity index (χ2v) is 4.90. The van der Waals surface area contributed by atoms with Gasteiger partial charge in [-0.15, -0.1) is 0 Å². The molecule has 10 heteroatoms. The first-order valence-corrected chi connectivity index (χ1v) is 6.82. The molecule has 0 heterocycles. The van der Waals surface area contributed by atoms with Crippen molar-refractivity contribution in [2.75, 3.05) is 6.54 Å². The number of carboxylic acids is 1. The third-order valence-corrected chi connectivity index (χ3v) is 2.77. The molecule has 0 saturated heterocycles. The highest BCUT2D eigenvalue weighted by atomic mass is 16.4. The summed E-state index contributed by atoms with van der Waals surface area (Å²) >= 11 is 0. The molecule has 0 saturated carbocycles. The first-order chi connectivity index (χ1) is 10.1. The van der Waals surface area contributed by atoms with E-state index >= 15 is 0 Å².